The molecule has 5 nitrogen and oxygen atoms in total. The predicted molar refractivity (Wildman–Crippen MR) is 107 cm³/mol. The molecule has 0 saturated carbocycles. The van der Waals surface area contributed by atoms with Crippen molar-refractivity contribution in [3.63, 3.8) is 0 Å². The molecule has 2 heterocycles. The number of halogens is 1. The third-order valence-electron chi connectivity index (χ3n) is 5.54. The summed E-state index contributed by atoms with van der Waals surface area (Å²) in [6, 6.07) is 3.62. The summed E-state index contributed by atoms with van der Waals surface area (Å²) in [5, 5.41) is 16.4. The molecule has 2 aromatic rings. The molecule has 0 bridgehead atoms. The van der Waals surface area contributed by atoms with Gasteiger partial charge in [-0.2, -0.15) is 0 Å². The number of nitrogens with two attached hydrogens (primary N) is 2. The zero-order valence-corrected chi connectivity index (χ0v) is 17.6. The van der Waals surface area contributed by atoms with Crippen LogP contribution in [0, 0.1) is 0 Å². The number of quaternary nitrogens is 2. The van der Waals surface area contributed by atoms with Gasteiger partial charge in [0.15, 0.2) is 5.58 Å². The Kier molecular flexibility index (Phi) is 5.32. The molecule has 148 valence electrons. The lowest BCUT2D eigenvalue weighted by molar-refractivity contribution is -0.816. The van der Waals surface area contributed by atoms with E-state index in [1.807, 2.05) is 6.92 Å². The summed E-state index contributed by atoms with van der Waals surface area (Å²) in [4.78, 5) is 12.0. The van der Waals surface area contributed by atoms with E-state index >= 15 is 0 Å². The van der Waals surface area contributed by atoms with Crippen molar-refractivity contribution in [1.29, 1.82) is 0 Å². The van der Waals surface area contributed by atoms with Gasteiger partial charge in [-0.25, -0.2) is 4.79 Å². The molecule has 6 heteroatoms. The number of phenolic OH excluding ortho intramolecular Hbond substituents is 1. The predicted octanol–water partition coefficient (Wildman–Crippen LogP) is 2.06. The summed E-state index contributed by atoms with van der Waals surface area (Å²) in [5.41, 5.74) is 1.90. The third-order valence-corrected chi connectivity index (χ3v) is 5.82. The van der Waals surface area contributed by atoms with Crippen molar-refractivity contribution in [2.75, 3.05) is 0 Å². The number of benzene rings is 1. The third kappa shape index (κ3) is 4.31. The van der Waals surface area contributed by atoms with Crippen molar-refractivity contribution in [3.05, 3.63) is 38.7 Å². The van der Waals surface area contributed by atoms with Crippen LogP contribution < -0.4 is 16.3 Å². The summed E-state index contributed by atoms with van der Waals surface area (Å²) in [7, 11) is 0. The Hall–Kier alpha value is -1.56. The Balaban J connectivity index is 1.96. The van der Waals surface area contributed by atoms with Gasteiger partial charge in [-0.15, -0.1) is 0 Å². The molecule has 3 rings (SSSR count). The lowest BCUT2D eigenvalue weighted by Crippen LogP contribution is -3.09. The first kappa shape index (κ1) is 20.2. The van der Waals surface area contributed by atoms with Crippen LogP contribution in [0.3, 0.4) is 0 Å². The molecule has 0 unspecified atom stereocenters. The van der Waals surface area contributed by atoms with E-state index in [0.29, 0.717) is 35.2 Å². The van der Waals surface area contributed by atoms with Gasteiger partial charge in [0.05, 0.1) is 40.5 Å². The number of phenols is 1. The Morgan fingerprint density at radius 2 is 1.89 bits per heavy atom. The maximum absolute atomic E-state index is 12.0. The first-order valence-corrected chi connectivity index (χ1v) is 10.1. The van der Waals surface area contributed by atoms with Crippen LogP contribution in [0.25, 0.3) is 11.0 Å². The summed E-state index contributed by atoms with van der Waals surface area (Å²) in [5.74, 6) is 0.0118. The van der Waals surface area contributed by atoms with Gasteiger partial charge >= 0.3 is 5.63 Å². The SMILES string of the molecule is CCc1cc(=O)oc2c(C[NH2+]C3CC(C)(C)[NH2+]C(C)(C)C3)c(O)c(Cl)cc12. The summed E-state index contributed by atoms with van der Waals surface area (Å²) in [6.45, 7) is 11.6. The number of piperidine rings is 1. The molecule has 0 radical (unpaired) electrons. The van der Waals surface area contributed by atoms with E-state index < -0.39 is 5.63 Å². The highest BCUT2D eigenvalue weighted by molar-refractivity contribution is 6.33. The van der Waals surface area contributed by atoms with Gasteiger partial charge in [-0.05, 0) is 45.7 Å². The largest absolute Gasteiger partial charge is 0.506 e. The van der Waals surface area contributed by atoms with Crippen LogP contribution in [-0.4, -0.2) is 22.2 Å². The van der Waals surface area contributed by atoms with Crippen molar-refractivity contribution < 1.29 is 20.2 Å². The molecule has 0 amide bonds. The van der Waals surface area contributed by atoms with E-state index in [0.717, 1.165) is 23.8 Å². The topological polar surface area (TPSA) is 83.7 Å². The van der Waals surface area contributed by atoms with Gasteiger partial charge in [0.1, 0.15) is 12.3 Å². The Morgan fingerprint density at radius 1 is 1.26 bits per heavy atom. The van der Waals surface area contributed by atoms with Crippen molar-refractivity contribution >= 4 is 22.6 Å². The molecular formula is C21H31ClN2O3+2. The van der Waals surface area contributed by atoms with Crippen molar-refractivity contribution in [1.82, 2.24) is 0 Å². The normalized spacial score (nSPS) is 19.5. The zero-order valence-electron chi connectivity index (χ0n) is 16.9. The van der Waals surface area contributed by atoms with Gasteiger partial charge < -0.3 is 20.2 Å². The molecule has 27 heavy (non-hydrogen) atoms. The number of aryl methyl sites for hydroxylation is 1. The highest BCUT2D eigenvalue weighted by atomic mass is 35.5. The highest BCUT2D eigenvalue weighted by Crippen LogP contribution is 2.35. The smallest absolute Gasteiger partial charge is 0.336 e. The number of hydrogen-bond acceptors (Lipinski definition) is 3. The monoisotopic (exact) mass is 394 g/mol. The minimum atomic E-state index is -0.392. The van der Waals surface area contributed by atoms with Crippen molar-refractivity contribution in [3.8, 4) is 5.75 Å². The van der Waals surface area contributed by atoms with Gasteiger partial charge in [0.2, 0.25) is 0 Å². The average molecular weight is 395 g/mol. The Bertz CT molecular complexity index is 902. The highest BCUT2D eigenvalue weighted by Gasteiger charge is 2.43. The van der Waals surface area contributed by atoms with Crippen LogP contribution >= 0.6 is 11.6 Å². The second-order valence-electron chi connectivity index (χ2n) is 9.24. The van der Waals surface area contributed by atoms with Gasteiger partial charge in [0, 0.05) is 11.5 Å². The molecule has 0 atom stereocenters. The van der Waals surface area contributed by atoms with Crippen LogP contribution in [0.1, 0.15) is 58.6 Å². The molecule has 1 aliphatic rings. The Morgan fingerprint density at radius 3 is 2.48 bits per heavy atom. The molecule has 0 spiro atoms. The van der Waals surface area contributed by atoms with E-state index in [4.69, 9.17) is 16.0 Å². The van der Waals surface area contributed by atoms with Crippen LogP contribution in [-0.2, 0) is 13.0 Å². The fraction of sp³-hybridized carbons (Fsp3) is 0.571. The summed E-state index contributed by atoms with van der Waals surface area (Å²) < 4.78 is 5.49. The molecule has 0 aliphatic carbocycles. The second kappa shape index (κ2) is 7.12. The average Bonchev–Trinajstić information content (AvgIpc) is 2.52. The van der Waals surface area contributed by atoms with Crippen molar-refractivity contribution in [2.24, 2.45) is 0 Å². The van der Waals surface area contributed by atoms with Crippen LogP contribution in [0.2, 0.25) is 5.02 Å². The van der Waals surface area contributed by atoms with Gasteiger partial charge in [-0.1, -0.05) is 18.5 Å². The number of fused-ring (bicyclic) bond motifs is 1. The van der Waals surface area contributed by atoms with E-state index in [-0.39, 0.29) is 16.8 Å². The number of hydrogen-bond donors (Lipinski definition) is 3. The molecule has 1 aromatic heterocycles. The lowest BCUT2D eigenvalue weighted by atomic mass is 9.79. The molecule has 1 saturated heterocycles. The van der Waals surface area contributed by atoms with Crippen molar-refractivity contribution in [2.45, 2.75) is 77.5 Å². The Labute approximate surface area is 165 Å². The van der Waals surface area contributed by atoms with E-state index in [1.165, 1.54) is 6.07 Å². The summed E-state index contributed by atoms with van der Waals surface area (Å²) >= 11 is 6.29. The molecule has 1 aliphatic heterocycles. The van der Waals surface area contributed by atoms with E-state index in [1.54, 1.807) is 6.07 Å². The van der Waals surface area contributed by atoms with Gasteiger partial charge in [0.25, 0.3) is 0 Å². The molecule has 1 fully saturated rings. The van der Waals surface area contributed by atoms with Crippen LogP contribution in [0.4, 0.5) is 0 Å². The summed E-state index contributed by atoms with van der Waals surface area (Å²) in [6.07, 6.45) is 2.84. The van der Waals surface area contributed by atoms with Crippen LogP contribution in [0.15, 0.2) is 21.3 Å². The number of rotatable bonds is 4. The van der Waals surface area contributed by atoms with E-state index in [2.05, 4.69) is 38.3 Å². The second-order valence-corrected chi connectivity index (χ2v) is 9.64. The standard InChI is InChI=1S/C21H29ClN2O3/c1-6-12-7-17(25)27-19-14(12)8-16(22)18(26)15(19)11-23-13-9-20(2,3)24-21(4,5)10-13/h7-8,13,23-24,26H,6,9-11H2,1-5H3/p+2. The maximum Gasteiger partial charge on any atom is 0.336 e. The fourth-order valence-electron chi connectivity index (χ4n) is 4.91. The first-order chi connectivity index (χ1) is 12.5. The maximum atomic E-state index is 12.0. The minimum absolute atomic E-state index is 0.0118. The molecular weight excluding hydrogens is 364 g/mol. The molecule has 1 aromatic carbocycles. The zero-order chi connectivity index (χ0) is 20.0. The fourth-order valence-corrected chi connectivity index (χ4v) is 5.14. The van der Waals surface area contributed by atoms with Crippen LogP contribution in [0.5, 0.6) is 5.75 Å². The van der Waals surface area contributed by atoms with Gasteiger partial charge in [-0.3, -0.25) is 0 Å². The van der Waals surface area contributed by atoms with E-state index in [9.17, 15) is 9.90 Å². The minimum Gasteiger partial charge on any atom is -0.506 e. The quantitative estimate of drug-likeness (QED) is 0.694. The number of aromatic hydroxyl groups is 1. The lowest BCUT2D eigenvalue weighted by Gasteiger charge is -2.41. The first-order valence-electron chi connectivity index (χ1n) is 9.69. The molecule has 5 N–H and O–H groups in total.